The highest BCUT2D eigenvalue weighted by Gasteiger charge is 2.22. The first kappa shape index (κ1) is 17.7. The van der Waals surface area contributed by atoms with E-state index in [2.05, 4.69) is 5.32 Å². The summed E-state index contributed by atoms with van der Waals surface area (Å²) in [6, 6.07) is 14.8. The zero-order valence-electron chi connectivity index (χ0n) is 15.1. The molecule has 1 fully saturated rings. The van der Waals surface area contributed by atoms with Crippen LogP contribution in [-0.2, 0) is 4.74 Å². The van der Waals surface area contributed by atoms with Crippen LogP contribution in [0.25, 0.3) is 0 Å². The van der Waals surface area contributed by atoms with Gasteiger partial charge in [-0.1, -0.05) is 24.3 Å². The molecule has 2 aromatic rings. The first-order valence-corrected chi connectivity index (χ1v) is 9.30. The molecule has 2 aliphatic rings. The van der Waals surface area contributed by atoms with Crippen molar-refractivity contribution in [2.45, 2.75) is 25.0 Å². The van der Waals surface area contributed by atoms with Gasteiger partial charge in [0.05, 0.1) is 18.2 Å². The van der Waals surface area contributed by atoms with Crippen LogP contribution >= 0.6 is 0 Å². The minimum Gasteiger partial charge on any atom is -0.490 e. The van der Waals surface area contributed by atoms with Crippen LogP contribution in [0, 0.1) is 0 Å². The SMILES string of the molecule is O=C(NCC1COc2ccccc2O1)c1ccccc1OCC1CCCO1. The molecule has 1 N–H and O–H groups in total. The van der Waals surface area contributed by atoms with Crippen molar-refractivity contribution in [3.05, 3.63) is 54.1 Å². The van der Waals surface area contributed by atoms with Crippen molar-refractivity contribution in [3.63, 3.8) is 0 Å². The molecule has 2 aromatic carbocycles. The van der Waals surface area contributed by atoms with Crippen LogP contribution in [0.5, 0.6) is 17.2 Å². The summed E-state index contributed by atoms with van der Waals surface area (Å²) >= 11 is 0. The minimum atomic E-state index is -0.233. The number of rotatable bonds is 6. The number of carbonyl (C=O) groups is 1. The van der Waals surface area contributed by atoms with E-state index in [4.69, 9.17) is 18.9 Å². The van der Waals surface area contributed by atoms with Crippen LogP contribution in [0.15, 0.2) is 48.5 Å². The van der Waals surface area contributed by atoms with Gasteiger partial charge < -0.3 is 24.3 Å². The van der Waals surface area contributed by atoms with Gasteiger partial charge >= 0.3 is 0 Å². The Balaban J connectivity index is 1.33. The number of ether oxygens (including phenoxy) is 4. The number of fused-ring (bicyclic) bond motifs is 1. The third-order valence-corrected chi connectivity index (χ3v) is 4.64. The highest BCUT2D eigenvalue weighted by Crippen LogP contribution is 2.30. The second kappa shape index (κ2) is 8.31. The fourth-order valence-corrected chi connectivity index (χ4v) is 3.20. The van der Waals surface area contributed by atoms with E-state index in [1.807, 2.05) is 36.4 Å². The summed E-state index contributed by atoms with van der Waals surface area (Å²) in [5, 5.41) is 2.91. The average Bonchev–Trinajstić information content (AvgIpc) is 3.24. The summed E-state index contributed by atoms with van der Waals surface area (Å²) in [5.41, 5.74) is 0.507. The molecule has 2 unspecified atom stereocenters. The lowest BCUT2D eigenvalue weighted by molar-refractivity contribution is 0.0665. The molecule has 2 heterocycles. The fourth-order valence-electron chi connectivity index (χ4n) is 3.20. The Morgan fingerprint density at radius 2 is 1.89 bits per heavy atom. The number of hydrogen-bond donors (Lipinski definition) is 1. The quantitative estimate of drug-likeness (QED) is 0.848. The molecule has 1 saturated heterocycles. The molecule has 0 radical (unpaired) electrons. The zero-order chi connectivity index (χ0) is 18.5. The van der Waals surface area contributed by atoms with Crippen molar-refractivity contribution in [3.8, 4) is 17.2 Å². The van der Waals surface area contributed by atoms with Gasteiger partial charge in [-0.05, 0) is 37.1 Å². The lowest BCUT2D eigenvalue weighted by Crippen LogP contribution is -2.40. The number of carbonyl (C=O) groups excluding carboxylic acids is 1. The second-order valence-electron chi connectivity index (χ2n) is 6.65. The first-order valence-electron chi connectivity index (χ1n) is 9.30. The third-order valence-electron chi connectivity index (χ3n) is 4.64. The molecular weight excluding hydrogens is 346 g/mol. The van der Waals surface area contributed by atoms with E-state index >= 15 is 0 Å². The highest BCUT2D eigenvalue weighted by molar-refractivity contribution is 5.96. The van der Waals surface area contributed by atoms with Crippen molar-refractivity contribution in [1.82, 2.24) is 5.32 Å². The molecule has 0 bridgehead atoms. The predicted molar refractivity (Wildman–Crippen MR) is 99.6 cm³/mol. The highest BCUT2D eigenvalue weighted by atomic mass is 16.6. The number of amides is 1. The molecule has 0 saturated carbocycles. The van der Waals surface area contributed by atoms with E-state index in [1.54, 1.807) is 12.1 Å². The molecule has 2 atom stereocenters. The average molecular weight is 369 g/mol. The van der Waals surface area contributed by atoms with Gasteiger partial charge in [0.25, 0.3) is 5.91 Å². The monoisotopic (exact) mass is 369 g/mol. The Morgan fingerprint density at radius 3 is 2.74 bits per heavy atom. The number of hydrogen-bond acceptors (Lipinski definition) is 5. The van der Waals surface area contributed by atoms with Gasteiger partial charge in [0.15, 0.2) is 11.5 Å². The van der Waals surface area contributed by atoms with Gasteiger partial charge in [0, 0.05) is 6.61 Å². The number of benzene rings is 2. The lowest BCUT2D eigenvalue weighted by Gasteiger charge is -2.26. The van der Waals surface area contributed by atoms with Gasteiger partial charge in [-0.2, -0.15) is 0 Å². The van der Waals surface area contributed by atoms with Crippen LogP contribution in [0.2, 0.25) is 0 Å². The Labute approximate surface area is 158 Å². The smallest absolute Gasteiger partial charge is 0.255 e. The van der Waals surface area contributed by atoms with Crippen LogP contribution in [-0.4, -0.2) is 44.5 Å². The Bertz CT molecular complexity index is 788. The maximum absolute atomic E-state index is 12.6. The fraction of sp³-hybridized carbons (Fsp3) is 0.381. The molecule has 6 heteroatoms. The molecular formula is C21H23NO5. The summed E-state index contributed by atoms with van der Waals surface area (Å²) < 4.78 is 23.0. The van der Waals surface area contributed by atoms with E-state index in [9.17, 15) is 4.79 Å². The van der Waals surface area contributed by atoms with E-state index in [0.717, 1.165) is 25.2 Å². The summed E-state index contributed by atoms with van der Waals surface area (Å²) in [6.07, 6.45) is 1.93. The summed E-state index contributed by atoms with van der Waals surface area (Å²) in [4.78, 5) is 12.6. The standard InChI is InChI=1S/C21H23NO5/c23-21(22-12-16-14-26-19-9-3-4-10-20(19)27-16)17-7-1-2-8-18(17)25-13-15-6-5-11-24-15/h1-4,7-10,15-16H,5-6,11-14H2,(H,22,23). The molecule has 1 amide bonds. The molecule has 2 aliphatic heterocycles. The molecule has 4 rings (SSSR count). The summed E-state index contributed by atoms with van der Waals surface area (Å²) in [6.45, 7) is 1.99. The number of para-hydroxylation sites is 3. The van der Waals surface area contributed by atoms with Gasteiger partial charge in [-0.25, -0.2) is 0 Å². The van der Waals surface area contributed by atoms with Gasteiger partial charge in [0.2, 0.25) is 0 Å². The van der Waals surface area contributed by atoms with E-state index in [-0.39, 0.29) is 18.1 Å². The zero-order valence-corrected chi connectivity index (χ0v) is 15.1. The largest absolute Gasteiger partial charge is 0.490 e. The van der Waals surface area contributed by atoms with Gasteiger partial charge in [-0.15, -0.1) is 0 Å². The van der Waals surface area contributed by atoms with E-state index in [1.165, 1.54) is 0 Å². The van der Waals surface area contributed by atoms with Crippen LogP contribution in [0.3, 0.4) is 0 Å². The summed E-state index contributed by atoms with van der Waals surface area (Å²) in [5.74, 6) is 1.80. The van der Waals surface area contributed by atoms with Crippen molar-refractivity contribution in [2.75, 3.05) is 26.4 Å². The third kappa shape index (κ3) is 4.34. The summed E-state index contributed by atoms with van der Waals surface area (Å²) in [7, 11) is 0. The molecule has 142 valence electrons. The van der Waals surface area contributed by atoms with Crippen LogP contribution in [0.4, 0.5) is 0 Å². The molecule has 0 spiro atoms. The topological polar surface area (TPSA) is 66.0 Å². The normalized spacial score (nSPS) is 20.9. The molecule has 0 aromatic heterocycles. The Hall–Kier alpha value is -2.73. The minimum absolute atomic E-state index is 0.106. The first-order chi connectivity index (χ1) is 13.3. The van der Waals surface area contributed by atoms with Crippen molar-refractivity contribution < 1.29 is 23.7 Å². The lowest BCUT2D eigenvalue weighted by atomic mass is 10.1. The maximum Gasteiger partial charge on any atom is 0.255 e. The van der Waals surface area contributed by atoms with Crippen LogP contribution in [0.1, 0.15) is 23.2 Å². The second-order valence-corrected chi connectivity index (χ2v) is 6.65. The van der Waals surface area contributed by atoms with E-state index in [0.29, 0.717) is 36.8 Å². The van der Waals surface area contributed by atoms with Crippen molar-refractivity contribution in [2.24, 2.45) is 0 Å². The van der Waals surface area contributed by atoms with Crippen molar-refractivity contribution >= 4 is 5.91 Å². The van der Waals surface area contributed by atoms with Gasteiger partial charge in [-0.3, -0.25) is 4.79 Å². The van der Waals surface area contributed by atoms with Crippen LogP contribution < -0.4 is 19.5 Å². The van der Waals surface area contributed by atoms with Crippen molar-refractivity contribution in [1.29, 1.82) is 0 Å². The van der Waals surface area contributed by atoms with E-state index < -0.39 is 0 Å². The van der Waals surface area contributed by atoms with Gasteiger partial charge in [0.1, 0.15) is 25.1 Å². The number of nitrogens with one attached hydrogen (secondary N) is 1. The Kier molecular flexibility index (Phi) is 5.44. The molecule has 6 nitrogen and oxygen atoms in total. The predicted octanol–water partition coefficient (Wildman–Crippen LogP) is 2.81. The molecule has 0 aliphatic carbocycles. The Morgan fingerprint density at radius 1 is 1.07 bits per heavy atom. The maximum atomic E-state index is 12.6. The molecule has 27 heavy (non-hydrogen) atoms.